The van der Waals surface area contributed by atoms with Crippen molar-refractivity contribution in [2.45, 2.75) is 32.9 Å². The third kappa shape index (κ3) is 11.3. The van der Waals surface area contributed by atoms with Crippen LogP contribution in [-0.2, 0) is 54.4 Å². The second-order valence-electron chi connectivity index (χ2n) is 10.7. The van der Waals surface area contributed by atoms with E-state index in [9.17, 15) is 47.9 Å². The van der Waals surface area contributed by atoms with Crippen LogP contribution in [0.2, 0.25) is 0 Å². The lowest BCUT2D eigenvalue weighted by Crippen LogP contribution is -2.09. The van der Waals surface area contributed by atoms with E-state index in [0.717, 1.165) is 24.3 Å². The lowest BCUT2D eigenvalue weighted by atomic mass is 10.1. The number of methoxy groups -OCH3 is 1. The molecular weight excluding hydrogens is 847 g/mol. The van der Waals surface area contributed by atoms with Gasteiger partial charge in [0.25, 0.3) is 20.2 Å². The maximum Gasteiger partial charge on any atom is 0.433 e. The Balaban J connectivity index is 1.79. The predicted molar refractivity (Wildman–Crippen MR) is 198 cm³/mol. The summed E-state index contributed by atoms with van der Waals surface area (Å²) in [4.78, 5) is 2.04. The summed E-state index contributed by atoms with van der Waals surface area (Å²) < 4.78 is 139. The Hall–Kier alpha value is -4.95. The predicted octanol–water partition coefficient (Wildman–Crippen LogP) is 5.42. The van der Waals surface area contributed by atoms with E-state index < -0.39 is 67.4 Å². The smallest absolute Gasteiger partial charge is 0.433 e. The normalized spacial score (nSPS) is 12.6. The number of phenolic OH excluding ortho intramolecular Hbond substituents is 1. The number of ether oxygens (including phenoxy) is 2. The number of hydrogen-bond donors (Lipinski definition) is 5. The van der Waals surface area contributed by atoms with Crippen molar-refractivity contribution >= 4 is 91.4 Å². The van der Waals surface area contributed by atoms with E-state index in [1.807, 2.05) is 0 Å². The Morgan fingerprint density at radius 3 is 2.11 bits per heavy atom. The van der Waals surface area contributed by atoms with Crippen LogP contribution in [0.1, 0.15) is 13.3 Å². The number of fused-ring (bicyclic) bond motifs is 1. The van der Waals surface area contributed by atoms with Crippen LogP contribution in [0.15, 0.2) is 94.6 Å². The minimum atomic E-state index is -5.21. The van der Waals surface area contributed by atoms with Crippen molar-refractivity contribution in [3.63, 3.8) is 0 Å². The minimum absolute atomic E-state index is 0.0225. The van der Waals surface area contributed by atoms with E-state index in [2.05, 4.69) is 34.9 Å². The molecule has 56 heavy (non-hydrogen) atoms. The maximum absolute atomic E-state index is 13.0. The summed E-state index contributed by atoms with van der Waals surface area (Å²) in [5.41, 5.74) is 4.15. The molecule has 0 aliphatic carbocycles. The summed E-state index contributed by atoms with van der Waals surface area (Å²) in [6.07, 6.45) is 1.96. The average Bonchev–Trinajstić information content (AvgIpc) is 3.11. The molecule has 0 saturated carbocycles. The average molecular weight is 876 g/mol. The van der Waals surface area contributed by atoms with Crippen LogP contribution in [0.4, 0.5) is 28.4 Å². The molecule has 21 nitrogen and oxygen atoms in total. The third-order valence-corrected chi connectivity index (χ3v) is 11.5. The van der Waals surface area contributed by atoms with Gasteiger partial charge in [0.15, 0.2) is 21.7 Å². The lowest BCUT2D eigenvalue weighted by Gasteiger charge is -2.12. The molecule has 4 aromatic carbocycles. The van der Waals surface area contributed by atoms with Gasteiger partial charge in [0.2, 0.25) is 0 Å². The molecule has 0 spiro atoms. The van der Waals surface area contributed by atoms with Crippen molar-refractivity contribution in [2.75, 3.05) is 31.8 Å². The summed E-state index contributed by atoms with van der Waals surface area (Å²) in [5.74, 6) is -1.10. The molecule has 0 heterocycles. The van der Waals surface area contributed by atoms with Crippen molar-refractivity contribution in [1.29, 1.82) is 0 Å². The Morgan fingerprint density at radius 1 is 0.786 bits per heavy atom. The molecule has 0 atom stereocenters. The number of anilines is 1. The second kappa shape index (κ2) is 17.9. The number of nitrogens with two attached hydrogens (primary N) is 1. The zero-order valence-corrected chi connectivity index (χ0v) is 32.7. The summed E-state index contributed by atoms with van der Waals surface area (Å²) >= 11 is 0.573. The molecule has 0 fully saturated rings. The van der Waals surface area contributed by atoms with Crippen LogP contribution in [0.3, 0.4) is 0 Å². The molecule has 26 heteroatoms. The molecule has 0 aliphatic rings. The lowest BCUT2D eigenvalue weighted by molar-refractivity contribution is -0.135. The first-order valence-corrected chi connectivity index (χ1v) is 21.9. The highest BCUT2D eigenvalue weighted by molar-refractivity contribution is 8.04. The second-order valence-corrected chi connectivity index (χ2v) is 17.5. The molecule has 300 valence electrons. The van der Waals surface area contributed by atoms with E-state index in [1.165, 1.54) is 37.4 Å². The summed E-state index contributed by atoms with van der Waals surface area (Å²) in [6.45, 7) is 2.38. The first-order valence-electron chi connectivity index (χ1n) is 15.1. The Labute approximate surface area is 323 Å². The number of nitrogen functional groups attached to an aromatic ring is 1. The number of thioether (sulfide) groups is 1. The van der Waals surface area contributed by atoms with E-state index in [1.54, 1.807) is 13.0 Å². The largest absolute Gasteiger partial charge is 0.505 e. The molecule has 0 radical (unpaired) electrons. The third-order valence-electron chi connectivity index (χ3n) is 7.03. The van der Waals surface area contributed by atoms with Crippen LogP contribution >= 0.6 is 11.8 Å². The van der Waals surface area contributed by atoms with E-state index in [-0.39, 0.29) is 62.2 Å². The van der Waals surface area contributed by atoms with Crippen molar-refractivity contribution in [3.05, 3.63) is 54.6 Å². The first-order chi connectivity index (χ1) is 26.2. The molecule has 4 aromatic rings. The van der Waals surface area contributed by atoms with Crippen LogP contribution in [0.5, 0.6) is 11.5 Å². The van der Waals surface area contributed by atoms with Gasteiger partial charge >= 0.3 is 10.4 Å². The maximum atomic E-state index is 13.0. The number of nitrogens with zero attached hydrogens (tertiary/aromatic N) is 4. The molecule has 0 aromatic heterocycles. The fourth-order valence-electron chi connectivity index (χ4n) is 4.59. The van der Waals surface area contributed by atoms with E-state index in [4.69, 9.17) is 19.8 Å². The van der Waals surface area contributed by atoms with Gasteiger partial charge < -0.3 is 20.3 Å². The molecule has 4 rings (SSSR count). The monoisotopic (exact) mass is 875 g/mol. The van der Waals surface area contributed by atoms with Crippen molar-refractivity contribution in [3.8, 4) is 22.9 Å². The van der Waals surface area contributed by atoms with Crippen molar-refractivity contribution in [1.82, 2.24) is 0 Å². The molecule has 0 aliphatic heterocycles. The SMILES string of the molecule is CCOCCCS(=O)(=O)c1ccc(OC)c(N=Nc2c(S(=O)(=O)O)cc3c(N=Nc4ccc(SC#COOS(=O)(=O)O)cc4S(=O)(=O)O)c(N)ccc3c2O)c1. The minimum Gasteiger partial charge on any atom is -0.505 e. The highest BCUT2D eigenvalue weighted by atomic mass is 32.3. The number of sulfone groups is 1. The standard InChI is InChI=1S/C30H29N5O16S5/c1-3-49-11-4-14-53(37,38)19-6-10-25(48-2)24(16-19)33-35-29-27(55(42,43)44)17-21-20(30(29)36)7-8-22(31)28(21)34-32-23-9-5-18(15-26(23)54(39,40)41)52-13-12-50-51-56(45,46)47/h5-10,15-17,36H,3-4,11,14,31H2,1-2H3,(H,39,40,41)(H,42,43,44)(H,45,46,47). The van der Waals surface area contributed by atoms with Crippen LogP contribution in [-0.4, -0.2) is 78.5 Å². The topological polar surface area (TPSA) is 330 Å². The molecule has 0 amide bonds. The number of rotatable bonds is 16. The van der Waals surface area contributed by atoms with Crippen molar-refractivity contribution < 1.29 is 71.1 Å². The quantitative estimate of drug-likeness (QED) is 0.0137. The Bertz CT molecular complexity index is 2730. The highest BCUT2D eigenvalue weighted by Crippen LogP contribution is 2.46. The van der Waals surface area contributed by atoms with Crippen molar-refractivity contribution in [2.24, 2.45) is 20.5 Å². The Morgan fingerprint density at radius 2 is 1.46 bits per heavy atom. The summed E-state index contributed by atoms with van der Waals surface area (Å²) in [7, 11) is -17.7. The zero-order valence-electron chi connectivity index (χ0n) is 28.6. The van der Waals surface area contributed by atoms with Gasteiger partial charge in [-0.2, -0.15) is 25.3 Å². The first kappa shape index (κ1) is 43.8. The fraction of sp³-hybridized carbons (Fsp3) is 0.200. The number of benzene rings is 4. The Kier molecular flexibility index (Phi) is 14.0. The van der Waals surface area contributed by atoms with Crippen LogP contribution < -0.4 is 10.5 Å². The van der Waals surface area contributed by atoms with E-state index >= 15 is 0 Å². The molecule has 0 unspecified atom stereocenters. The van der Waals surface area contributed by atoms with Gasteiger partial charge in [0.1, 0.15) is 38.3 Å². The summed E-state index contributed by atoms with van der Waals surface area (Å²) in [6, 6.07) is 10.2. The van der Waals surface area contributed by atoms with Gasteiger partial charge in [-0.3, -0.25) is 18.5 Å². The zero-order chi connectivity index (χ0) is 41.5. The molecular formula is C30H29N5O16S5. The van der Waals surface area contributed by atoms with Gasteiger partial charge in [0, 0.05) is 34.1 Å². The summed E-state index contributed by atoms with van der Waals surface area (Å²) in [5, 5.41) is 28.6. The van der Waals surface area contributed by atoms with Gasteiger partial charge in [-0.05, 0) is 84.0 Å². The molecule has 6 N–H and O–H groups in total. The molecule has 0 bridgehead atoms. The highest BCUT2D eigenvalue weighted by Gasteiger charge is 2.25. The van der Waals surface area contributed by atoms with Gasteiger partial charge in [0.05, 0.1) is 23.4 Å². The van der Waals surface area contributed by atoms with Gasteiger partial charge in [-0.25, -0.2) is 8.42 Å². The number of phenols is 1. The van der Waals surface area contributed by atoms with E-state index in [0.29, 0.717) is 18.4 Å². The number of azo groups is 2. The van der Waals surface area contributed by atoms with Gasteiger partial charge in [-0.15, -0.1) is 20.5 Å². The number of hydrogen-bond acceptors (Lipinski definition) is 19. The molecule has 0 saturated heterocycles. The van der Waals surface area contributed by atoms with Crippen LogP contribution in [0.25, 0.3) is 10.8 Å². The fourth-order valence-corrected chi connectivity index (χ4v) is 7.89. The van der Waals surface area contributed by atoms with Crippen LogP contribution in [0, 0.1) is 11.4 Å². The van der Waals surface area contributed by atoms with Gasteiger partial charge in [-0.1, -0.05) is 0 Å². The number of aromatic hydroxyl groups is 1.